The molecule has 0 atom stereocenters. The number of rotatable bonds is 3. The molecule has 96 valence electrons. The number of nitrogens with one attached hydrogen (secondary N) is 1. The Bertz CT molecular complexity index is 566. The quantitative estimate of drug-likeness (QED) is 0.852. The molecule has 18 heavy (non-hydrogen) atoms. The third-order valence-electron chi connectivity index (χ3n) is 4.21. The molecule has 0 unspecified atom stereocenters. The van der Waals surface area contributed by atoms with Crippen LogP contribution in [-0.2, 0) is 19.3 Å². The highest BCUT2D eigenvalue weighted by Crippen LogP contribution is 2.30. The van der Waals surface area contributed by atoms with Crippen LogP contribution in [0.3, 0.4) is 0 Å². The molecule has 0 amide bonds. The molecule has 0 aliphatic heterocycles. The van der Waals surface area contributed by atoms with Crippen molar-refractivity contribution in [3.05, 3.63) is 34.5 Å². The molecule has 0 saturated heterocycles. The summed E-state index contributed by atoms with van der Waals surface area (Å²) in [5, 5.41) is 1.43. The normalized spacial score (nSPS) is 15.0. The maximum Gasteiger partial charge on any atom is 0.0461 e. The van der Waals surface area contributed by atoms with Gasteiger partial charge in [0.05, 0.1) is 0 Å². The van der Waals surface area contributed by atoms with Crippen LogP contribution >= 0.6 is 0 Å². The number of aromatic amines is 1. The van der Waals surface area contributed by atoms with Gasteiger partial charge in [-0.05, 0) is 80.8 Å². The third-order valence-corrected chi connectivity index (χ3v) is 4.21. The lowest BCUT2D eigenvalue weighted by Gasteiger charge is -2.15. The van der Waals surface area contributed by atoms with Crippen molar-refractivity contribution in [2.45, 2.75) is 45.4 Å². The standard InChI is InChI=1S/C16H22N2/c1-11-14(7-4-8-17)15-9-12-5-2-3-6-13(12)10-16(15)18-11/h9-10,18H,2-8,17H2,1H3. The summed E-state index contributed by atoms with van der Waals surface area (Å²) >= 11 is 0. The molecule has 1 heterocycles. The second-order valence-electron chi connectivity index (χ2n) is 5.49. The molecule has 2 nitrogen and oxygen atoms in total. The zero-order chi connectivity index (χ0) is 12.5. The van der Waals surface area contributed by atoms with E-state index in [0.29, 0.717) is 0 Å². The van der Waals surface area contributed by atoms with E-state index in [4.69, 9.17) is 5.73 Å². The van der Waals surface area contributed by atoms with Gasteiger partial charge >= 0.3 is 0 Å². The summed E-state index contributed by atoms with van der Waals surface area (Å²) in [4.78, 5) is 3.55. The van der Waals surface area contributed by atoms with E-state index < -0.39 is 0 Å². The Kier molecular flexibility index (Phi) is 3.13. The lowest BCUT2D eigenvalue weighted by atomic mass is 9.90. The Balaban J connectivity index is 2.10. The first-order valence-electron chi connectivity index (χ1n) is 7.12. The van der Waals surface area contributed by atoms with Gasteiger partial charge in [-0.1, -0.05) is 0 Å². The summed E-state index contributed by atoms with van der Waals surface area (Å²) in [6.07, 6.45) is 7.37. The van der Waals surface area contributed by atoms with Gasteiger partial charge in [0.15, 0.2) is 0 Å². The van der Waals surface area contributed by atoms with E-state index in [2.05, 4.69) is 24.0 Å². The van der Waals surface area contributed by atoms with E-state index in [0.717, 1.165) is 19.4 Å². The van der Waals surface area contributed by atoms with Crippen molar-refractivity contribution in [1.82, 2.24) is 4.98 Å². The van der Waals surface area contributed by atoms with Crippen molar-refractivity contribution < 1.29 is 0 Å². The zero-order valence-corrected chi connectivity index (χ0v) is 11.2. The maximum absolute atomic E-state index is 5.64. The average Bonchev–Trinajstić information content (AvgIpc) is 2.68. The first-order chi connectivity index (χ1) is 8.79. The number of aromatic nitrogens is 1. The van der Waals surface area contributed by atoms with Crippen molar-refractivity contribution in [3.63, 3.8) is 0 Å². The number of aryl methyl sites for hydroxylation is 4. The highest BCUT2D eigenvalue weighted by atomic mass is 14.7. The van der Waals surface area contributed by atoms with Crippen LogP contribution in [0.2, 0.25) is 0 Å². The van der Waals surface area contributed by atoms with Gasteiger partial charge in [-0.25, -0.2) is 0 Å². The minimum atomic E-state index is 0.775. The number of benzene rings is 1. The molecule has 3 N–H and O–H groups in total. The van der Waals surface area contributed by atoms with Crippen molar-refractivity contribution in [2.24, 2.45) is 5.73 Å². The summed E-state index contributed by atoms with van der Waals surface area (Å²) in [7, 11) is 0. The van der Waals surface area contributed by atoms with Gasteiger partial charge in [-0.15, -0.1) is 0 Å². The highest BCUT2D eigenvalue weighted by molar-refractivity contribution is 5.86. The number of fused-ring (bicyclic) bond motifs is 2. The van der Waals surface area contributed by atoms with Gasteiger partial charge in [0.1, 0.15) is 0 Å². The Morgan fingerprint density at radius 1 is 1.17 bits per heavy atom. The van der Waals surface area contributed by atoms with Crippen LogP contribution in [0.1, 0.15) is 41.6 Å². The summed E-state index contributed by atoms with van der Waals surface area (Å²) in [6.45, 7) is 2.96. The zero-order valence-electron chi connectivity index (χ0n) is 11.2. The molecular weight excluding hydrogens is 220 g/mol. The van der Waals surface area contributed by atoms with E-state index >= 15 is 0 Å². The summed E-state index contributed by atoms with van der Waals surface area (Å²) < 4.78 is 0. The fourth-order valence-electron chi connectivity index (χ4n) is 3.22. The Morgan fingerprint density at radius 2 is 1.89 bits per heavy atom. The third kappa shape index (κ3) is 1.95. The number of nitrogens with two attached hydrogens (primary N) is 1. The fraction of sp³-hybridized carbons (Fsp3) is 0.500. The molecule has 0 fully saturated rings. The van der Waals surface area contributed by atoms with E-state index in [1.807, 2.05) is 0 Å². The van der Waals surface area contributed by atoms with Crippen LogP contribution in [0.4, 0.5) is 0 Å². The lowest BCUT2D eigenvalue weighted by molar-refractivity contribution is 0.687. The van der Waals surface area contributed by atoms with E-state index in [9.17, 15) is 0 Å². The maximum atomic E-state index is 5.64. The minimum Gasteiger partial charge on any atom is -0.358 e. The van der Waals surface area contributed by atoms with Gasteiger partial charge < -0.3 is 10.7 Å². The molecule has 1 aliphatic carbocycles. The molecule has 2 aromatic rings. The van der Waals surface area contributed by atoms with E-state index in [1.54, 1.807) is 11.1 Å². The number of H-pyrrole nitrogens is 1. The smallest absolute Gasteiger partial charge is 0.0461 e. The monoisotopic (exact) mass is 242 g/mol. The highest BCUT2D eigenvalue weighted by Gasteiger charge is 2.14. The largest absolute Gasteiger partial charge is 0.358 e. The van der Waals surface area contributed by atoms with Gasteiger partial charge in [0.25, 0.3) is 0 Å². The second kappa shape index (κ2) is 4.77. The predicted molar refractivity (Wildman–Crippen MR) is 77.1 cm³/mol. The van der Waals surface area contributed by atoms with Crippen LogP contribution in [0, 0.1) is 6.92 Å². The average molecular weight is 242 g/mol. The van der Waals surface area contributed by atoms with Gasteiger partial charge in [-0.2, -0.15) is 0 Å². The van der Waals surface area contributed by atoms with Crippen molar-refractivity contribution >= 4 is 10.9 Å². The predicted octanol–water partition coefficient (Wildman–Crippen LogP) is 3.25. The first kappa shape index (κ1) is 11.8. The van der Waals surface area contributed by atoms with Crippen molar-refractivity contribution in [1.29, 1.82) is 0 Å². The summed E-state index contributed by atoms with van der Waals surface area (Å²) in [6, 6.07) is 4.81. The molecule has 0 radical (unpaired) electrons. The first-order valence-corrected chi connectivity index (χ1v) is 7.12. The number of hydrogen-bond donors (Lipinski definition) is 2. The van der Waals surface area contributed by atoms with E-state index in [-0.39, 0.29) is 0 Å². The van der Waals surface area contributed by atoms with Gasteiger partial charge in [0, 0.05) is 16.6 Å². The number of hydrogen-bond acceptors (Lipinski definition) is 1. The minimum absolute atomic E-state index is 0.775. The molecule has 0 saturated carbocycles. The fourth-order valence-corrected chi connectivity index (χ4v) is 3.22. The van der Waals surface area contributed by atoms with Gasteiger partial charge in [-0.3, -0.25) is 0 Å². The second-order valence-corrected chi connectivity index (χ2v) is 5.49. The molecule has 0 bridgehead atoms. The van der Waals surface area contributed by atoms with Crippen LogP contribution in [0.5, 0.6) is 0 Å². The molecule has 1 aromatic heterocycles. The SMILES string of the molecule is Cc1[nH]c2cc3c(cc2c1CCCN)CCCC3. The molecule has 0 spiro atoms. The lowest BCUT2D eigenvalue weighted by Crippen LogP contribution is -2.03. The van der Waals surface area contributed by atoms with Crippen LogP contribution in [0.25, 0.3) is 10.9 Å². The summed E-state index contributed by atoms with van der Waals surface area (Å²) in [5.74, 6) is 0. The van der Waals surface area contributed by atoms with Crippen LogP contribution in [-0.4, -0.2) is 11.5 Å². The van der Waals surface area contributed by atoms with Crippen molar-refractivity contribution in [3.8, 4) is 0 Å². The van der Waals surface area contributed by atoms with Crippen molar-refractivity contribution in [2.75, 3.05) is 6.54 Å². The Morgan fingerprint density at radius 3 is 2.61 bits per heavy atom. The summed E-state index contributed by atoms with van der Waals surface area (Å²) in [5.41, 5.74) is 12.9. The Labute approximate surface area is 109 Å². The van der Waals surface area contributed by atoms with Crippen LogP contribution < -0.4 is 5.73 Å². The molecular formula is C16H22N2. The van der Waals surface area contributed by atoms with E-state index in [1.165, 1.54) is 47.8 Å². The molecule has 1 aromatic carbocycles. The van der Waals surface area contributed by atoms with Crippen LogP contribution in [0.15, 0.2) is 12.1 Å². The molecule has 2 heteroatoms. The van der Waals surface area contributed by atoms with Gasteiger partial charge in [0.2, 0.25) is 0 Å². The molecule has 1 aliphatic rings. The Hall–Kier alpha value is -1.28. The molecule has 3 rings (SSSR count). The topological polar surface area (TPSA) is 41.8 Å².